The van der Waals surface area contributed by atoms with Gasteiger partial charge in [-0.25, -0.2) is 4.68 Å². The van der Waals surface area contributed by atoms with Crippen LogP contribution in [0.25, 0.3) is 5.69 Å². The van der Waals surface area contributed by atoms with Crippen molar-refractivity contribution in [2.75, 3.05) is 20.2 Å². The van der Waals surface area contributed by atoms with Gasteiger partial charge in [-0.2, -0.15) is 5.10 Å². The Balaban J connectivity index is 0.00000261. The van der Waals surface area contributed by atoms with Crippen molar-refractivity contribution in [2.45, 2.75) is 6.54 Å². The Labute approximate surface area is 176 Å². The van der Waals surface area contributed by atoms with Crippen LogP contribution in [0.4, 0.5) is 0 Å². The Bertz CT molecular complexity index is 804. The topological polar surface area (TPSA) is 63.5 Å². The zero-order valence-corrected chi connectivity index (χ0v) is 17.5. The summed E-state index contributed by atoms with van der Waals surface area (Å²) in [5.41, 5.74) is 2.21. The van der Waals surface area contributed by atoms with Crippen LogP contribution in [-0.4, -0.2) is 35.9 Å². The summed E-state index contributed by atoms with van der Waals surface area (Å²) in [6, 6.07) is 19.9. The summed E-state index contributed by atoms with van der Waals surface area (Å²) in [7, 11) is 1.76. The van der Waals surface area contributed by atoms with Crippen molar-refractivity contribution in [1.82, 2.24) is 20.4 Å². The molecule has 1 aromatic heterocycles. The van der Waals surface area contributed by atoms with E-state index in [1.165, 1.54) is 5.56 Å². The lowest BCUT2D eigenvalue weighted by Crippen LogP contribution is -2.38. The van der Waals surface area contributed by atoms with Crippen LogP contribution in [-0.2, 0) is 6.54 Å². The van der Waals surface area contributed by atoms with Crippen LogP contribution >= 0.6 is 24.0 Å². The molecule has 2 aromatic carbocycles. The quantitative estimate of drug-likeness (QED) is 0.238. The number of hydrogen-bond acceptors (Lipinski definition) is 3. The largest absolute Gasteiger partial charge is 0.492 e. The Hall–Kier alpha value is -2.55. The molecule has 0 spiro atoms. The van der Waals surface area contributed by atoms with Crippen LogP contribution < -0.4 is 15.4 Å². The summed E-state index contributed by atoms with van der Waals surface area (Å²) in [6.45, 7) is 1.94. The average molecular weight is 477 g/mol. The molecule has 0 radical (unpaired) electrons. The van der Waals surface area contributed by atoms with E-state index < -0.39 is 0 Å². The van der Waals surface area contributed by atoms with E-state index >= 15 is 0 Å². The number of guanidine groups is 1. The van der Waals surface area contributed by atoms with Crippen LogP contribution in [0.1, 0.15) is 5.56 Å². The lowest BCUT2D eigenvalue weighted by Gasteiger charge is -2.13. The van der Waals surface area contributed by atoms with E-state index in [2.05, 4.69) is 32.9 Å². The molecule has 6 nitrogen and oxygen atoms in total. The predicted molar refractivity (Wildman–Crippen MR) is 119 cm³/mol. The first-order chi connectivity index (χ1) is 12.8. The Morgan fingerprint density at radius 3 is 2.48 bits per heavy atom. The number of nitrogens with one attached hydrogen (secondary N) is 2. The molecule has 142 valence electrons. The molecule has 0 amide bonds. The molecule has 0 unspecified atom stereocenters. The normalized spacial score (nSPS) is 10.8. The maximum Gasteiger partial charge on any atom is 0.191 e. The second-order valence-electron chi connectivity index (χ2n) is 5.63. The third kappa shape index (κ3) is 6.59. The summed E-state index contributed by atoms with van der Waals surface area (Å²) in [5, 5.41) is 10.8. The Kier molecular flexibility index (Phi) is 8.63. The molecule has 0 saturated heterocycles. The van der Waals surface area contributed by atoms with Crippen LogP contribution in [0.5, 0.6) is 5.75 Å². The van der Waals surface area contributed by atoms with E-state index in [0.717, 1.165) is 17.4 Å². The molecule has 0 bridgehead atoms. The number of aliphatic imine (C=N–C) groups is 1. The SMILES string of the molecule is CN=C(NCCOc1ccccc1)NCc1ccc(-n2cccn2)cc1.I. The van der Waals surface area contributed by atoms with Crippen molar-refractivity contribution in [3.8, 4) is 11.4 Å². The van der Waals surface area contributed by atoms with E-state index in [0.29, 0.717) is 19.7 Å². The molecule has 2 N–H and O–H groups in total. The molecule has 0 aliphatic carbocycles. The highest BCUT2D eigenvalue weighted by Gasteiger charge is 2.00. The maximum absolute atomic E-state index is 5.66. The third-order valence-corrected chi connectivity index (χ3v) is 3.80. The number of aromatic nitrogens is 2. The number of nitrogens with zero attached hydrogens (tertiary/aromatic N) is 3. The molecular weight excluding hydrogens is 453 g/mol. The number of para-hydroxylation sites is 1. The van der Waals surface area contributed by atoms with Crippen LogP contribution in [0, 0.1) is 0 Å². The highest BCUT2D eigenvalue weighted by Crippen LogP contribution is 2.09. The summed E-state index contributed by atoms with van der Waals surface area (Å²) < 4.78 is 7.50. The zero-order chi connectivity index (χ0) is 18.0. The van der Waals surface area contributed by atoms with Gasteiger partial charge < -0.3 is 15.4 Å². The molecule has 0 aliphatic heterocycles. The average Bonchev–Trinajstić information content (AvgIpc) is 3.23. The first-order valence-corrected chi connectivity index (χ1v) is 8.56. The van der Waals surface area contributed by atoms with Crippen molar-refractivity contribution < 1.29 is 4.74 Å². The third-order valence-electron chi connectivity index (χ3n) is 3.80. The molecule has 0 aliphatic rings. The first-order valence-electron chi connectivity index (χ1n) is 8.56. The standard InChI is InChI=1S/C20H23N5O.HI/c1-21-20(22-13-15-26-19-6-3-2-4-7-19)23-16-17-8-10-18(11-9-17)25-14-5-12-24-25;/h2-12,14H,13,15-16H2,1H3,(H2,21,22,23);1H. The van der Waals surface area contributed by atoms with E-state index in [4.69, 9.17) is 4.74 Å². The second-order valence-corrected chi connectivity index (χ2v) is 5.63. The van der Waals surface area contributed by atoms with Gasteiger partial charge >= 0.3 is 0 Å². The van der Waals surface area contributed by atoms with Gasteiger partial charge in [0, 0.05) is 26.0 Å². The van der Waals surface area contributed by atoms with Crippen LogP contribution in [0.15, 0.2) is 78.0 Å². The molecule has 0 fully saturated rings. The molecule has 0 saturated carbocycles. The van der Waals surface area contributed by atoms with Gasteiger partial charge in [-0.15, -0.1) is 24.0 Å². The lowest BCUT2D eigenvalue weighted by molar-refractivity contribution is 0.322. The van der Waals surface area contributed by atoms with Crippen molar-refractivity contribution >= 4 is 29.9 Å². The van der Waals surface area contributed by atoms with Gasteiger partial charge in [0.05, 0.1) is 12.2 Å². The van der Waals surface area contributed by atoms with E-state index in [1.54, 1.807) is 13.2 Å². The number of rotatable bonds is 7. The van der Waals surface area contributed by atoms with Gasteiger partial charge in [0.15, 0.2) is 5.96 Å². The Morgan fingerprint density at radius 2 is 1.81 bits per heavy atom. The highest BCUT2D eigenvalue weighted by molar-refractivity contribution is 14.0. The minimum absolute atomic E-state index is 0. The fourth-order valence-electron chi connectivity index (χ4n) is 2.45. The maximum atomic E-state index is 5.66. The van der Waals surface area contributed by atoms with Gasteiger partial charge in [0.25, 0.3) is 0 Å². The number of halogens is 1. The van der Waals surface area contributed by atoms with Gasteiger partial charge in [-0.3, -0.25) is 4.99 Å². The summed E-state index contributed by atoms with van der Waals surface area (Å²) in [5.74, 6) is 1.62. The fourth-order valence-corrected chi connectivity index (χ4v) is 2.45. The summed E-state index contributed by atoms with van der Waals surface area (Å²) >= 11 is 0. The first kappa shape index (κ1) is 20.8. The van der Waals surface area contributed by atoms with E-state index in [-0.39, 0.29) is 24.0 Å². The fraction of sp³-hybridized carbons (Fsp3) is 0.200. The number of ether oxygens (including phenoxy) is 1. The molecule has 0 atom stereocenters. The van der Waals surface area contributed by atoms with Crippen molar-refractivity contribution in [2.24, 2.45) is 4.99 Å². The molecule has 3 aromatic rings. The predicted octanol–water partition coefficient (Wildman–Crippen LogP) is 3.23. The van der Waals surface area contributed by atoms with Crippen LogP contribution in [0.3, 0.4) is 0 Å². The molecular formula is C20H24IN5O. The minimum atomic E-state index is 0. The molecule has 7 heteroatoms. The lowest BCUT2D eigenvalue weighted by atomic mass is 10.2. The van der Waals surface area contributed by atoms with Gasteiger partial charge in [0.1, 0.15) is 12.4 Å². The summed E-state index contributed by atoms with van der Waals surface area (Å²) in [4.78, 5) is 4.23. The van der Waals surface area contributed by atoms with Gasteiger partial charge in [0.2, 0.25) is 0 Å². The monoisotopic (exact) mass is 477 g/mol. The van der Waals surface area contributed by atoms with Gasteiger partial charge in [-0.05, 0) is 35.9 Å². The smallest absolute Gasteiger partial charge is 0.191 e. The molecule has 27 heavy (non-hydrogen) atoms. The van der Waals surface area contributed by atoms with E-state index in [1.807, 2.05) is 59.4 Å². The highest BCUT2D eigenvalue weighted by atomic mass is 127. The minimum Gasteiger partial charge on any atom is -0.492 e. The van der Waals surface area contributed by atoms with Crippen molar-refractivity contribution in [3.05, 3.63) is 78.6 Å². The van der Waals surface area contributed by atoms with Crippen molar-refractivity contribution in [3.63, 3.8) is 0 Å². The van der Waals surface area contributed by atoms with E-state index in [9.17, 15) is 0 Å². The van der Waals surface area contributed by atoms with Gasteiger partial charge in [-0.1, -0.05) is 30.3 Å². The zero-order valence-electron chi connectivity index (χ0n) is 15.2. The molecule has 3 rings (SSSR count). The van der Waals surface area contributed by atoms with Crippen molar-refractivity contribution in [1.29, 1.82) is 0 Å². The summed E-state index contributed by atoms with van der Waals surface area (Å²) in [6.07, 6.45) is 3.70. The van der Waals surface area contributed by atoms with Crippen LogP contribution in [0.2, 0.25) is 0 Å². The number of benzene rings is 2. The molecule has 1 heterocycles. The number of hydrogen-bond donors (Lipinski definition) is 2. The second kappa shape index (κ2) is 11.2. The Morgan fingerprint density at radius 1 is 1.04 bits per heavy atom.